The fraction of sp³-hybridized carbons (Fsp3) is 0.365. The lowest BCUT2D eigenvalue weighted by molar-refractivity contribution is 0.0998. The first-order chi connectivity index (χ1) is 64.2. The number of hydrogen-bond donors (Lipinski definition) is 12. The number of thiophene rings is 3. The number of ketones is 5. The number of aliphatic hydroxyl groups is 5. The smallest absolute Gasteiger partial charge is 0.333 e. The van der Waals surface area contributed by atoms with E-state index < -0.39 is 89.2 Å². The van der Waals surface area contributed by atoms with E-state index in [9.17, 15) is 83.2 Å². The number of nitrogens with one attached hydrogen (secondary N) is 3. The molecule has 0 spiro atoms. The first kappa shape index (κ1) is 103. The van der Waals surface area contributed by atoms with Gasteiger partial charge in [0.05, 0.1) is 120 Å². The number of halogens is 3. The second kappa shape index (κ2) is 45.9. The number of furan rings is 1. The number of benzene rings is 2. The predicted molar refractivity (Wildman–Crippen MR) is 501 cm³/mol. The fourth-order valence-corrected chi connectivity index (χ4v) is 22.9. The number of carbonyl (C=O) groups excluding carboxylic acids is 5. The number of hydrogen-bond acceptors (Lipinski definition) is 39. The quantitative estimate of drug-likeness (QED) is 0.0165. The van der Waals surface area contributed by atoms with Crippen molar-refractivity contribution in [1.29, 1.82) is 0 Å². The normalized spacial score (nSPS) is 22.2. The van der Waals surface area contributed by atoms with E-state index in [2.05, 4.69) is 83.6 Å². The third-order valence-corrected chi connectivity index (χ3v) is 30.2. The number of carbonyl (C=O) groups is 5. The minimum Gasteiger partial charge on any atom is -0.460 e. The number of aromatic nitrogens is 9. The number of pyridine rings is 1. The maximum Gasteiger partial charge on any atom is 0.333 e. The molecule has 39 nitrogen and oxygen atoms in total. The maximum absolute atomic E-state index is 13.6. The molecule has 1 unspecified atom stereocenters. The number of nitrogens with two attached hydrogens (primary N) is 4. The Bertz CT molecular complexity index is 6550. The standard InChI is InChI=1S/C25H27ClN4O5S3.C22H23ClN4O5S2.C22H22N4O7S.C16H19ClN4O6S2/c26-18-4-1-3-16(8-18)25(5-2-6-37-25)17-9-22(36-13-17)23(32)20-11-28-14-29-24(20)30-19-7-15(21(31)10-19)12-35-38(27,33)34;23-17-3-14(7-25-8-17)1-15-6-21(33-11-15)22(29)18-9-26-12-27-19(18)4-13-2-16(20(28)5-13)10-32-34(24,30)31;23-34(30,31)33-11-14-6-16(8-18(14)27)26-22-17(9-24-12-25-22)21(29)19-7-15(10-32-19)20(28)13-4-2-1-3-5-13;17-15-8(5-22)2-13(28-15)14(24)11-4-19-7-20-16(11)21-10-1-9(12(23)3-10)6-27-29(18,25)26/h1,3-4,8-9,11,13-15,19,21,31H,2,5-7,10,12H2,(H2,27,33,34)(H,28,29,30);3,6-9,11-13,16,20,28H,1-2,4-5,10H2,(H2,24,30,31);1-5,7,9-10,12,14,16,18,27H,6,8,11H2,(H2,23,30,31)(H,24,25,26);2,4,7,9-10,12,22-23H,1,3,5-6H2,(H2,18,25,26)(H,19,20,21)/t15-,19-,21+,25?;13-,16+,20-;14-,16-,18+;9-,10-,12+/m1011/s1. The third kappa shape index (κ3) is 28.4. The van der Waals surface area contributed by atoms with Gasteiger partial charge in [0.2, 0.25) is 23.1 Å². The highest BCUT2D eigenvalue weighted by Crippen LogP contribution is 2.53. The van der Waals surface area contributed by atoms with E-state index in [0.29, 0.717) is 121 Å². The van der Waals surface area contributed by atoms with Gasteiger partial charge < -0.3 is 45.9 Å². The van der Waals surface area contributed by atoms with E-state index in [0.717, 1.165) is 52.2 Å². The Morgan fingerprint density at radius 1 is 0.474 bits per heavy atom. The first-order valence-corrected chi connectivity index (χ1v) is 52.1. The number of aliphatic hydroxyl groups excluding tert-OH is 5. The van der Waals surface area contributed by atoms with Crippen LogP contribution in [0.3, 0.4) is 0 Å². The summed E-state index contributed by atoms with van der Waals surface area (Å²) in [5.74, 6) is -1.33. The maximum atomic E-state index is 13.6. The molecule has 5 aliphatic rings. The zero-order valence-electron chi connectivity index (χ0n) is 71.1. The van der Waals surface area contributed by atoms with Crippen molar-refractivity contribution < 1.29 is 104 Å². The molecule has 5 fully saturated rings. The molecule has 135 heavy (non-hydrogen) atoms. The Kier molecular flexibility index (Phi) is 35.0. The van der Waals surface area contributed by atoms with E-state index in [1.54, 1.807) is 42.7 Å². The van der Waals surface area contributed by atoms with E-state index in [1.807, 2.05) is 58.9 Å². The van der Waals surface area contributed by atoms with Crippen LogP contribution in [-0.4, -0.2) is 208 Å². The van der Waals surface area contributed by atoms with Crippen LogP contribution in [0.5, 0.6) is 0 Å². The van der Waals surface area contributed by atoms with E-state index in [4.69, 9.17) is 59.8 Å². The highest BCUT2D eigenvalue weighted by atomic mass is 35.5. The lowest BCUT2D eigenvalue weighted by Crippen LogP contribution is -2.24. The van der Waals surface area contributed by atoms with Gasteiger partial charge in [0.15, 0.2) is 11.5 Å². The van der Waals surface area contributed by atoms with Crippen LogP contribution in [0, 0.1) is 29.6 Å². The summed E-state index contributed by atoms with van der Waals surface area (Å²) in [6, 6.07) is 24.3. The minimum atomic E-state index is -4.11. The molecule has 718 valence electrons. The summed E-state index contributed by atoms with van der Waals surface area (Å²) in [5, 5.41) is 84.5. The molecular weight excluding hydrogens is 1980 g/mol. The summed E-state index contributed by atoms with van der Waals surface area (Å²) in [6.07, 6.45) is 18.7. The molecule has 0 radical (unpaired) electrons. The van der Waals surface area contributed by atoms with Crippen LogP contribution >= 0.6 is 80.6 Å². The SMILES string of the molecule is NS(=O)(=O)OC[C@H]1C[C@@H](Cc2ncncc2C(=O)c2cc(Cc3cncc(Cl)c3)cs2)C[C@@H]1O.NS(=O)(=O)OC[C@H]1C[C@@H](Nc2ncncc2C(=O)c2cc(C(=O)c3ccccc3)co2)C[C@@H]1O.NS(=O)(=O)OC[C@H]1C[C@@H](Nc2ncncc2C(=O)c2cc(C3(c4cccc(Cl)c4)CCCS3)cs2)C[C@@H]1O.NS(=O)(=O)OC[C@H]1C[C@@H](Nc2ncncc2C(=O)c2cc(CO)c(Cl)s2)C[C@@H]1O. The fourth-order valence-electron chi connectivity index (χ4n) is 16.4. The van der Waals surface area contributed by atoms with Crippen molar-refractivity contribution in [2.45, 2.75) is 131 Å². The summed E-state index contributed by atoms with van der Waals surface area (Å²) in [5.41, 5.74) is 6.99. The summed E-state index contributed by atoms with van der Waals surface area (Å²) in [4.78, 5) is 104. The summed E-state index contributed by atoms with van der Waals surface area (Å²) < 4.78 is 112. The van der Waals surface area contributed by atoms with E-state index in [-0.39, 0.29) is 131 Å². The van der Waals surface area contributed by atoms with Gasteiger partial charge in [-0.2, -0.15) is 33.7 Å². The Balaban J connectivity index is 0.000000153. The molecule has 11 aromatic rings. The van der Waals surface area contributed by atoms with Crippen molar-refractivity contribution >= 4 is 168 Å². The summed E-state index contributed by atoms with van der Waals surface area (Å²) in [6.45, 7) is -1.14. The minimum absolute atomic E-state index is 0.0137. The van der Waals surface area contributed by atoms with Crippen molar-refractivity contribution in [3.05, 3.63) is 266 Å². The molecule has 0 amide bonds. The molecule has 16 N–H and O–H groups in total. The molecule has 10 heterocycles. The predicted octanol–water partition coefficient (Wildman–Crippen LogP) is 8.51. The third-order valence-electron chi connectivity index (χ3n) is 22.8. The molecule has 13 atom stereocenters. The molecule has 2 aromatic carbocycles. The van der Waals surface area contributed by atoms with Crippen LogP contribution in [0.2, 0.25) is 14.4 Å². The lowest BCUT2D eigenvalue weighted by atomic mass is 9.88. The molecule has 0 bridgehead atoms. The Labute approximate surface area is 806 Å². The first-order valence-electron chi connectivity index (χ1n) is 41.5. The topological polar surface area (TPSA) is 629 Å². The number of nitrogens with zero attached hydrogens (tertiary/aromatic N) is 9. The van der Waals surface area contributed by atoms with Crippen molar-refractivity contribution in [3.63, 3.8) is 0 Å². The van der Waals surface area contributed by atoms with Gasteiger partial charge in [-0.1, -0.05) is 77.3 Å². The molecule has 9 aromatic heterocycles. The van der Waals surface area contributed by atoms with Crippen LogP contribution in [0.15, 0.2) is 169 Å². The molecule has 4 saturated carbocycles. The van der Waals surface area contributed by atoms with Crippen molar-refractivity contribution in [1.82, 2.24) is 44.9 Å². The monoisotopic (exact) mass is 2060 g/mol. The van der Waals surface area contributed by atoms with Crippen LogP contribution in [-0.2, 0) is 82.1 Å². The average molecular weight is 2070 g/mol. The number of anilines is 3. The van der Waals surface area contributed by atoms with Crippen molar-refractivity contribution in [3.8, 4) is 0 Å². The highest BCUT2D eigenvalue weighted by Gasteiger charge is 2.43. The van der Waals surface area contributed by atoms with Crippen LogP contribution in [0.25, 0.3) is 0 Å². The van der Waals surface area contributed by atoms with Crippen molar-refractivity contribution in [2.75, 3.05) is 48.1 Å². The Morgan fingerprint density at radius 3 is 1.47 bits per heavy atom. The number of thioether (sulfide) groups is 1. The van der Waals surface area contributed by atoms with Gasteiger partial charge in [-0.3, -0.25) is 45.7 Å². The number of rotatable bonds is 35. The van der Waals surface area contributed by atoms with Gasteiger partial charge in [0.25, 0.3) is 0 Å². The van der Waals surface area contributed by atoms with Gasteiger partial charge in [-0.25, -0.2) is 60.4 Å². The van der Waals surface area contributed by atoms with Crippen LogP contribution in [0.1, 0.15) is 175 Å². The highest BCUT2D eigenvalue weighted by molar-refractivity contribution is 8.00. The summed E-state index contributed by atoms with van der Waals surface area (Å²) in [7, 11) is -16.4. The molecular formula is C85H91Cl3N16O23S8. The van der Waals surface area contributed by atoms with Gasteiger partial charge in [0, 0.05) is 95.1 Å². The zero-order valence-corrected chi connectivity index (χ0v) is 79.9. The van der Waals surface area contributed by atoms with E-state index >= 15 is 0 Å². The van der Waals surface area contributed by atoms with E-state index in [1.165, 1.54) is 91.2 Å². The van der Waals surface area contributed by atoms with Gasteiger partial charge >= 0.3 is 41.2 Å². The summed E-state index contributed by atoms with van der Waals surface area (Å²) >= 11 is 24.0. The van der Waals surface area contributed by atoms with Gasteiger partial charge in [-0.05, 0) is 164 Å². The largest absolute Gasteiger partial charge is 0.460 e. The molecule has 4 aliphatic carbocycles. The van der Waals surface area contributed by atoms with Crippen molar-refractivity contribution in [2.24, 2.45) is 50.1 Å². The van der Waals surface area contributed by atoms with Gasteiger partial charge in [-0.15, -0.1) is 45.8 Å². The molecule has 1 saturated heterocycles. The van der Waals surface area contributed by atoms with Crippen LogP contribution < -0.4 is 36.5 Å². The Hall–Kier alpha value is -9.46. The average Bonchev–Trinajstić information content (AvgIpc) is 1.61. The second-order valence-electron chi connectivity index (χ2n) is 32.4. The van der Waals surface area contributed by atoms with Gasteiger partial charge in [0.1, 0.15) is 49.0 Å². The molecule has 1 aliphatic heterocycles. The zero-order chi connectivity index (χ0) is 96.7. The second-order valence-corrected chi connectivity index (χ2v) is 43.0. The van der Waals surface area contributed by atoms with Crippen LogP contribution in [0.4, 0.5) is 17.5 Å². The lowest BCUT2D eigenvalue weighted by Gasteiger charge is -2.28. The molecule has 50 heteroatoms. The molecule has 16 rings (SSSR count). The Morgan fingerprint density at radius 2 is 0.963 bits per heavy atom.